The van der Waals surface area contributed by atoms with E-state index in [0.29, 0.717) is 18.5 Å². The smallest absolute Gasteiger partial charge is 0.215 e. The van der Waals surface area contributed by atoms with Gasteiger partial charge in [0.1, 0.15) is 28.5 Å². The van der Waals surface area contributed by atoms with Crippen LogP contribution in [0.25, 0.3) is 0 Å². The number of halogens is 2. The van der Waals surface area contributed by atoms with Gasteiger partial charge in [-0.05, 0) is 18.6 Å². The Labute approximate surface area is 139 Å². The average Bonchev–Trinajstić information content (AvgIpc) is 3.00. The van der Waals surface area contributed by atoms with E-state index in [1.54, 1.807) is 0 Å². The molecular weight excluding hydrogens is 341 g/mol. The summed E-state index contributed by atoms with van der Waals surface area (Å²) in [7, 11) is 0. The maximum atomic E-state index is 11.8. The maximum absolute atomic E-state index is 11.8. The predicted molar refractivity (Wildman–Crippen MR) is 84.3 cm³/mol. The third-order valence-electron chi connectivity index (χ3n) is 4.21. The van der Waals surface area contributed by atoms with Crippen molar-refractivity contribution in [2.24, 2.45) is 15.0 Å². The van der Waals surface area contributed by atoms with Gasteiger partial charge in [0.2, 0.25) is 5.78 Å². The zero-order valence-corrected chi connectivity index (χ0v) is 13.1. The molecule has 23 heavy (non-hydrogen) atoms. The van der Waals surface area contributed by atoms with E-state index < -0.39 is 11.2 Å². The van der Waals surface area contributed by atoms with Gasteiger partial charge >= 0.3 is 0 Å². The Morgan fingerprint density at radius 1 is 1.09 bits per heavy atom. The number of benzene rings is 1. The second kappa shape index (κ2) is 4.66. The number of hydrogen-bond donors (Lipinski definition) is 2. The monoisotopic (exact) mass is 349 g/mol. The van der Waals surface area contributed by atoms with Crippen LogP contribution in [0.1, 0.15) is 12.0 Å². The number of rotatable bonds is 0. The Balaban J connectivity index is 2.13. The van der Waals surface area contributed by atoms with Gasteiger partial charge in [-0.3, -0.25) is 9.79 Å². The van der Waals surface area contributed by atoms with Gasteiger partial charge in [-0.25, -0.2) is 9.98 Å². The van der Waals surface area contributed by atoms with E-state index in [2.05, 4.69) is 15.0 Å². The van der Waals surface area contributed by atoms with Crippen molar-refractivity contribution >= 4 is 41.0 Å². The second-order valence-corrected chi connectivity index (χ2v) is 6.29. The molecule has 1 aromatic rings. The molecule has 0 atom stereocenters. The largest absolute Gasteiger partial charge is 0.505 e. The molecule has 0 unspecified atom stereocenters. The Morgan fingerprint density at radius 2 is 1.78 bits per heavy atom. The molecule has 2 heterocycles. The molecular formula is C15H9Cl2N3O3. The number of fused-ring (bicyclic) bond motifs is 3. The van der Waals surface area contributed by atoms with Gasteiger partial charge in [0.25, 0.3) is 0 Å². The van der Waals surface area contributed by atoms with Crippen molar-refractivity contribution in [3.8, 4) is 11.5 Å². The minimum absolute atomic E-state index is 0.0297. The van der Waals surface area contributed by atoms with Crippen LogP contribution in [-0.4, -0.2) is 28.9 Å². The van der Waals surface area contributed by atoms with Crippen molar-refractivity contribution in [3.05, 3.63) is 38.5 Å². The zero-order valence-electron chi connectivity index (χ0n) is 11.5. The van der Waals surface area contributed by atoms with E-state index in [4.69, 9.17) is 23.2 Å². The molecule has 3 aliphatic rings. The van der Waals surface area contributed by atoms with Crippen LogP contribution in [-0.2, 0) is 10.2 Å². The van der Waals surface area contributed by atoms with E-state index in [9.17, 15) is 15.0 Å². The SMILES string of the molecule is O=C1C(Cl)=CC2(C=C1Cl)CCN=c1c(O)c3c(c(O)c12)=NC=N3. The molecule has 2 N–H and O–H groups in total. The highest BCUT2D eigenvalue weighted by Gasteiger charge is 2.41. The van der Waals surface area contributed by atoms with Gasteiger partial charge in [-0.1, -0.05) is 23.2 Å². The van der Waals surface area contributed by atoms with Crippen LogP contribution in [0.15, 0.2) is 37.2 Å². The molecule has 0 saturated carbocycles. The molecule has 0 aromatic heterocycles. The fourth-order valence-electron chi connectivity index (χ4n) is 3.17. The molecule has 0 radical (unpaired) electrons. The normalized spacial score (nSPS) is 20.3. The van der Waals surface area contributed by atoms with Crippen LogP contribution in [0.5, 0.6) is 11.5 Å². The lowest BCUT2D eigenvalue weighted by molar-refractivity contribution is -0.111. The Bertz CT molecular complexity index is 970. The predicted octanol–water partition coefficient (Wildman–Crippen LogP) is 1.48. The van der Waals surface area contributed by atoms with Crippen LogP contribution >= 0.6 is 23.2 Å². The van der Waals surface area contributed by atoms with Gasteiger partial charge in [0.15, 0.2) is 5.75 Å². The summed E-state index contributed by atoms with van der Waals surface area (Å²) in [5.41, 5.74) is -0.412. The lowest BCUT2D eigenvalue weighted by Gasteiger charge is -2.33. The van der Waals surface area contributed by atoms with Crippen molar-refractivity contribution in [2.75, 3.05) is 6.54 Å². The Hall–Kier alpha value is -2.18. The van der Waals surface area contributed by atoms with E-state index in [0.717, 1.165) is 0 Å². The van der Waals surface area contributed by atoms with Crippen LogP contribution in [0.3, 0.4) is 0 Å². The molecule has 2 aliphatic heterocycles. The van der Waals surface area contributed by atoms with Crippen LogP contribution in [0.4, 0.5) is 5.69 Å². The molecule has 0 fully saturated rings. The first-order valence-electron chi connectivity index (χ1n) is 6.79. The molecule has 0 bridgehead atoms. The molecule has 0 amide bonds. The number of aliphatic imine (C=N–C) groups is 1. The summed E-state index contributed by atoms with van der Waals surface area (Å²) in [4.78, 5) is 24.0. The highest BCUT2D eigenvalue weighted by atomic mass is 35.5. The number of nitrogens with zero attached hydrogens (tertiary/aromatic N) is 3. The highest BCUT2D eigenvalue weighted by molar-refractivity contribution is 6.55. The van der Waals surface area contributed by atoms with Crippen LogP contribution in [0.2, 0.25) is 0 Å². The number of hydrogen-bond acceptors (Lipinski definition) is 6. The highest BCUT2D eigenvalue weighted by Crippen LogP contribution is 2.43. The lowest BCUT2D eigenvalue weighted by atomic mass is 9.72. The quantitative estimate of drug-likeness (QED) is 0.694. The van der Waals surface area contributed by atoms with Gasteiger partial charge in [0.05, 0.1) is 10.1 Å². The molecule has 8 heteroatoms. The average molecular weight is 350 g/mol. The molecule has 6 nitrogen and oxygen atoms in total. The number of carbonyl (C=O) groups excluding carboxylic acids is 1. The van der Waals surface area contributed by atoms with E-state index in [-0.39, 0.29) is 38.0 Å². The lowest BCUT2D eigenvalue weighted by Crippen LogP contribution is -2.38. The van der Waals surface area contributed by atoms with E-state index in [1.165, 1.54) is 18.5 Å². The van der Waals surface area contributed by atoms with Gasteiger partial charge < -0.3 is 10.2 Å². The number of phenolic OH excluding ortho intramolecular Hbond substituents is 2. The second-order valence-electron chi connectivity index (χ2n) is 5.48. The molecule has 4 rings (SSSR count). The fraction of sp³-hybridized carbons (Fsp3) is 0.200. The fourth-order valence-corrected chi connectivity index (χ4v) is 3.82. The topological polar surface area (TPSA) is 94.6 Å². The van der Waals surface area contributed by atoms with Gasteiger partial charge in [-0.15, -0.1) is 0 Å². The van der Waals surface area contributed by atoms with E-state index >= 15 is 0 Å². The number of ketones is 1. The first-order chi connectivity index (χ1) is 10.9. The zero-order chi connectivity index (χ0) is 16.4. The van der Waals surface area contributed by atoms with Crippen molar-refractivity contribution in [1.29, 1.82) is 0 Å². The summed E-state index contributed by atoms with van der Waals surface area (Å²) in [5.74, 6) is -0.777. The summed E-state index contributed by atoms with van der Waals surface area (Å²) in [6.07, 6.45) is 4.78. The van der Waals surface area contributed by atoms with Crippen molar-refractivity contribution in [1.82, 2.24) is 0 Å². The number of carbonyl (C=O) groups is 1. The number of aromatic hydroxyl groups is 2. The summed E-state index contributed by atoms with van der Waals surface area (Å²) in [6.45, 7) is 0.370. The first kappa shape index (κ1) is 14.4. The third kappa shape index (κ3) is 1.82. The number of phenols is 2. The van der Waals surface area contributed by atoms with Crippen molar-refractivity contribution < 1.29 is 15.0 Å². The number of allylic oxidation sites excluding steroid dienone is 4. The van der Waals surface area contributed by atoms with Crippen molar-refractivity contribution in [2.45, 2.75) is 11.8 Å². The molecule has 1 spiro atoms. The Kier molecular flexibility index (Phi) is 2.92. The minimum atomic E-state index is -0.923. The first-order valence-corrected chi connectivity index (χ1v) is 7.55. The van der Waals surface area contributed by atoms with Crippen LogP contribution in [0, 0.1) is 0 Å². The minimum Gasteiger partial charge on any atom is -0.505 e. The third-order valence-corrected chi connectivity index (χ3v) is 4.77. The summed E-state index contributed by atoms with van der Waals surface area (Å²) < 4.78 is 0. The number of Topliss-reactive ketones (excluding diaryl/α,β-unsaturated/α-hetero) is 1. The van der Waals surface area contributed by atoms with Crippen molar-refractivity contribution in [3.63, 3.8) is 0 Å². The Morgan fingerprint density at radius 3 is 2.48 bits per heavy atom. The van der Waals surface area contributed by atoms with Crippen LogP contribution < -0.4 is 10.7 Å². The van der Waals surface area contributed by atoms with Gasteiger partial charge in [-0.2, -0.15) is 0 Å². The molecule has 1 aromatic carbocycles. The van der Waals surface area contributed by atoms with Gasteiger partial charge in [0, 0.05) is 17.5 Å². The molecule has 1 aliphatic carbocycles. The van der Waals surface area contributed by atoms with E-state index in [1.807, 2.05) is 0 Å². The maximum Gasteiger partial charge on any atom is 0.215 e. The molecule has 0 saturated heterocycles. The summed E-state index contributed by atoms with van der Waals surface area (Å²) in [6, 6.07) is 0. The summed E-state index contributed by atoms with van der Waals surface area (Å²) in [5, 5.41) is 21.4. The summed E-state index contributed by atoms with van der Waals surface area (Å²) >= 11 is 12.0. The molecule has 116 valence electrons. The standard InChI is InChI=1S/C15H9Cl2N3O3/c16-6-3-15(4-7(17)12(6)21)1-2-18-9-8(15)13(22)10-11(14(9)23)20-5-19-10/h3-5,22-23H,1-2H2.